The van der Waals surface area contributed by atoms with Crippen LogP contribution in [0.4, 0.5) is 0 Å². The largest absolute Gasteiger partial charge is 0.489 e. The predicted octanol–water partition coefficient (Wildman–Crippen LogP) is 4.08. The van der Waals surface area contributed by atoms with Crippen molar-refractivity contribution in [3.05, 3.63) is 88.5 Å². The van der Waals surface area contributed by atoms with Crippen molar-refractivity contribution < 1.29 is 14.3 Å². The second-order valence-electron chi connectivity index (χ2n) is 6.88. The minimum atomic E-state index is -0.482. The fourth-order valence-corrected chi connectivity index (χ4v) is 3.69. The lowest BCUT2D eigenvalue weighted by molar-refractivity contribution is -0.116. The van der Waals surface area contributed by atoms with Crippen LogP contribution in [-0.4, -0.2) is 5.78 Å². The summed E-state index contributed by atoms with van der Waals surface area (Å²) in [5.41, 5.74) is 8.74. The third-order valence-corrected chi connectivity index (χ3v) is 5.07. The van der Waals surface area contributed by atoms with E-state index in [1.807, 2.05) is 54.6 Å². The third-order valence-electron chi connectivity index (χ3n) is 5.07. The molecule has 0 bridgehead atoms. The van der Waals surface area contributed by atoms with Crippen molar-refractivity contribution in [3.63, 3.8) is 0 Å². The Morgan fingerprint density at radius 2 is 1.86 bits per heavy atom. The van der Waals surface area contributed by atoms with Crippen molar-refractivity contribution in [2.45, 2.75) is 31.8 Å². The molecule has 0 aromatic heterocycles. The van der Waals surface area contributed by atoms with Gasteiger partial charge < -0.3 is 15.2 Å². The van der Waals surface area contributed by atoms with Crippen LogP contribution >= 0.6 is 0 Å². The van der Waals surface area contributed by atoms with Gasteiger partial charge in [0.05, 0.1) is 5.92 Å². The molecule has 140 valence electrons. The van der Waals surface area contributed by atoms with E-state index in [1.165, 1.54) is 0 Å². The highest BCUT2D eigenvalue weighted by Gasteiger charge is 2.37. The zero-order chi connectivity index (χ0) is 19.5. The molecule has 2 N–H and O–H groups in total. The Kier molecular flexibility index (Phi) is 4.86. The molecule has 0 amide bonds. The van der Waals surface area contributed by atoms with E-state index in [1.54, 1.807) is 0 Å². The summed E-state index contributed by atoms with van der Waals surface area (Å²) in [6, 6.07) is 19.5. The highest BCUT2D eigenvalue weighted by molar-refractivity contribution is 5.99. The van der Waals surface area contributed by atoms with Crippen LogP contribution in [0.3, 0.4) is 0 Å². The Morgan fingerprint density at radius 3 is 2.57 bits per heavy atom. The summed E-state index contributed by atoms with van der Waals surface area (Å²) in [6.07, 6.45) is 1.87. The molecule has 0 radical (unpaired) electrons. The van der Waals surface area contributed by atoms with Gasteiger partial charge in [0.1, 0.15) is 29.8 Å². The number of carbonyl (C=O) groups excluding carboxylic acids is 1. The number of carbonyl (C=O) groups is 1. The molecular weight excluding hydrogens is 352 g/mol. The molecule has 5 heteroatoms. The molecule has 1 heterocycles. The van der Waals surface area contributed by atoms with Gasteiger partial charge >= 0.3 is 0 Å². The van der Waals surface area contributed by atoms with Gasteiger partial charge in [-0.25, -0.2) is 0 Å². The molecule has 0 fully saturated rings. The average molecular weight is 372 g/mol. The number of allylic oxidation sites excluding steroid dienone is 3. The van der Waals surface area contributed by atoms with E-state index in [0.717, 1.165) is 23.3 Å². The molecular formula is C23H20N2O3. The SMILES string of the molecule is N#CC1=C(N)OC2=C(C(=O)CCC2)[C@@H]1c1ccc(OCc2ccccc2)cc1. The van der Waals surface area contributed by atoms with Gasteiger partial charge in [0, 0.05) is 18.4 Å². The number of Topliss-reactive ketones (excluding diaryl/α,β-unsaturated/α-hetero) is 1. The van der Waals surface area contributed by atoms with E-state index in [0.29, 0.717) is 30.8 Å². The van der Waals surface area contributed by atoms with Crippen LogP contribution in [0, 0.1) is 11.3 Å². The number of nitrogens with zero attached hydrogens (tertiary/aromatic N) is 1. The predicted molar refractivity (Wildman–Crippen MR) is 104 cm³/mol. The van der Waals surface area contributed by atoms with E-state index < -0.39 is 5.92 Å². The van der Waals surface area contributed by atoms with Crippen LogP contribution in [0.25, 0.3) is 0 Å². The summed E-state index contributed by atoms with van der Waals surface area (Å²) < 4.78 is 11.4. The summed E-state index contributed by atoms with van der Waals surface area (Å²) in [5.74, 6) is 0.951. The quantitative estimate of drug-likeness (QED) is 0.874. The van der Waals surface area contributed by atoms with Crippen molar-refractivity contribution in [3.8, 4) is 11.8 Å². The molecule has 0 saturated heterocycles. The zero-order valence-corrected chi connectivity index (χ0v) is 15.4. The molecule has 2 aromatic carbocycles. The van der Waals surface area contributed by atoms with E-state index >= 15 is 0 Å². The fourth-order valence-electron chi connectivity index (χ4n) is 3.69. The van der Waals surface area contributed by atoms with Crippen molar-refractivity contribution >= 4 is 5.78 Å². The number of benzene rings is 2. The molecule has 2 aromatic rings. The molecule has 28 heavy (non-hydrogen) atoms. The minimum Gasteiger partial charge on any atom is -0.489 e. The van der Waals surface area contributed by atoms with Gasteiger partial charge in [0.15, 0.2) is 5.78 Å². The molecule has 2 aliphatic rings. The van der Waals surface area contributed by atoms with Gasteiger partial charge in [-0.2, -0.15) is 5.26 Å². The lowest BCUT2D eigenvalue weighted by Gasteiger charge is -2.31. The van der Waals surface area contributed by atoms with Gasteiger partial charge in [-0.3, -0.25) is 4.79 Å². The maximum atomic E-state index is 12.6. The number of hydrogen-bond acceptors (Lipinski definition) is 5. The van der Waals surface area contributed by atoms with E-state index in [4.69, 9.17) is 15.2 Å². The zero-order valence-electron chi connectivity index (χ0n) is 15.4. The van der Waals surface area contributed by atoms with Crippen LogP contribution in [0.5, 0.6) is 5.75 Å². The first-order valence-electron chi connectivity index (χ1n) is 9.28. The lowest BCUT2D eigenvalue weighted by Crippen LogP contribution is -2.27. The Bertz CT molecular complexity index is 998. The second kappa shape index (κ2) is 7.61. The Morgan fingerprint density at radius 1 is 1.11 bits per heavy atom. The van der Waals surface area contributed by atoms with E-state index in [-0.39, 0.29) is 17.2 Å². The number of nitrogens with two attached hydrogens (primary N) is 1. The summed E-state index contributed by atoms with van der Waals surface area (Å²) in [7, 11) is 0. The van der Waals surface area contributed by atoms with E-state index in [9.17, 15) is 10.1 Å². The molecule has 0 unspecified atom stereocenters. The lowest BCUT2D eigenvalue weighted by atomic mass is 9.77. The van der Waals surface area contributed by atoms with Gasteiger partial charge in [0.2, 0.25) is 5.88 Å². The van der Waals surface area contributed by atoms with Gasteiger partial charge in [-0.15, -0.1) is 0 Å². The Balaban J connectivity index is 1.61. The Labute approximate surface area is 163 Å². The molecule has 4 rings (SSSR count). The van der Waals surface area contributed by atoms with Gasteiger partial charge in [-0.1, -0.05) is 42.5 Å². The van der Waals surface area contributed by atoms with E-state index in [2.05, 4.69) is 6.07 Å². The van der Waals surface area contributed by atoms with Crippen molar-refractivity contribution in [2.24, 2.45) is 5.73 Å². The standard InChI is InChI=1S/C23H20N2O3/c24-13-18-21(22-19(26)7-4-8-20(22)28-23(18)25)16-9-11-17(12-10-16)27-14-15-5-2-1-3-6-15/h1-3,5-6,9-12,21H,4,7-8,14,25H2/t21-/m1/s1. The maximum Gasteiger partial charge on any atom is 0.205 e. The smallest absolute Gasteiger partial charge is 0.205 e. The van der Waals surface area contributed by atoms with Crippen LogP contribution < -0.4 is 10.5 Å². The number of ether oxygens (including phenoxy) is 2. The van der Waals surface area contributed by atoms with Gasteiger partial charge in [0.25, 0.3) is 0 Å². The number of nitriles is 1. The van der Waals surface area contributed by atoms with Crippen molar-refractivity contribution in [1.82, 2.24) is 0 Å². The molecule has 1 aliphatic carbocycles. The summed E-state index contributed by atoms with van der Waals surface area (Å²) in [6.45, 7) is 0.474. The summed E-state index contributed by atoms with van der Waals surface area (Å²) >= 11 is 0. The number of hydrogen-bond donors (Lipinski definition) is 1. The normalized spacial score (nSPS) is 19.0. The van der Waals surface area contributed by atoms with Crippen LogP contribution in [0.15, 0.2) is 77.4 Å². The van der Waals surface area contributed by atoms with Crippen LogP contribution in [0.1, 0.15) is 36.3 Å². The third kappa shape index (κ3) is 3.37. The highest BCUT2D eigenvalue weighted by atomic mass is 16.5. The highest BCUT2D eigenvalue weighted by Crippen LogP contribution is 2.43. The second-order valence-corrected chi connectivity index (χ2v) is 6.88. The summed E-state index contributed by atoms with van der Waals surface area (Å²) in [5, 5.41) is 9.61. The molecule has 5 nitrogen and oxygen atoms in total. The van der Waals surface area contributed by atoms with Gasteiger partial charge in [-0.05, 0) is 29.7 Å². The number of rotatable bonds is 4. The monoisotopic (exact) mass is 372 g/mol. The molecule has 1 aliphatic heterocycles. The average Bonchev–Trinajstić information content (AvgIpc) is 2.73. The molecule has 1 atom stereocenters. The first kappa shape index (κ1) is 17.9. The summed E-state index contributed by atoms with van der Waals surface area (Å²) in [4.78, 5) is 12.6. The first-order chi connectivity index (χ1) is 13.7. The molecule has 0 spiro atoms. The minimum absolute atomic E-state index is 0.0240. The topological polar surface area (TPSA) is 85.3 Å². The van der Waals surface area contributed by atoms with Crippen LogP contribution in [-0.2, 0) is 16.1 Å². The Hall–Kier alpha value is -3.52. The van der Waals surface area contributed by atoms with Crippen molar-refractivity contribution in [1.29, 1.82) is 5.26 Å². The first-order valence-corrected chi connectivity index (χ1v) is 9.28. The van der Waals surface area contributed by atoms with Crippen LogP contribution in [0.2, 0.25) is 0 Å². The molecule has 0 saturated carbocycles. The van der Waals surface area contributed by atoms with Crippen molar-refractivity contribution in [2.75, 3.05) is 0 Å². The number of ketones is 1. The maximum absolute atomic E-state index is 12.6. The fraction of sp³-hybridized carbons (Fsp3) is 0.217.